The number of carbonyl (C=O) groups is 1. The van der Waals surface area contributed by atoms with Crippen LogP contribution in [0.15, 0.2) is 72.8 Å². The number of imidazole rings is 1. The average Bonchev–Trinajstić information content (AvgIpc) is 3.02. The summed E-state index contributed by atoms with van der Waals surface area (Å²) in [5, 5.41) is 0. The molecule has 27 heavy (non-hydrogen) atoms. The molecule has 1 heterocycles. The summed E-state index contributed by atoms with van der Waals surface area (Å²) in [6.45, 7) is 2.02. The van der Waals surface area contributed by atoms with Gasteiger partial charge in [0.15, 0.2) is 0 Å². The zero-order valence-corrected chi connectivity index (χ0v) is 14.7. The maximum Gasteiger partial charge on any atom is 0.338 e. The number of rotatable bonds is 4. The lowest BCUT2D eigenvalue weighted by Gasteiger charge is -2.07. The average molecular weight is 360 g/mol. The molecule has 0 fully saturated rings. The van der Waals surface area contributed by atoms with E-state index in [1.165, 1.54) is 12.1 Å². The molecule has 0 saturated carbocycles. The highest BCUT2D eigenvalue weighted by Gasteiger charge is 2.13. The van der Waals surface area contributed by atoms with Crippen molar-refractivity contribution in [1.29, 1.82) is 0 Å². The minimum Gasteiger partial charge on any atom is -0.457 e. The van der Waals surface area contributed by atoms with Crippen LogP contribution in [-0.4, -0.2) is 15.5 Å². The number of fused-ring (bicyclic) bond motifs is 1. The van der Waals surface area contributed by atoms with Crippen LogP contribution in [0, 0.1) is 12.7 Å². The second kappa shape index (κ2) is 7.03. The van der Waals surface area contributed by atoms with E-state index < -0.39 is 5.97 Å². The number of benzene rings is 3. The molecular weight excluding hydrogens is 343 g/mol. The van der Waals surface area contributed by atoms with Crippen LogP contribution >= 0.6 is 0 Å². The van der Waals surface area contributed by atoms with Crippen LogP contribution in [0.1, 0.15) is 21.7 Å². The van der Waals surface area contributed by atoms with Gasteiger partial charge in [0.05, 0.1) is 16.6 Å². The first kappa shape index (κ1) is 17.0. The lowest BCUT2D eigenvalue weighted by Crippen LogP contribution is -2.05. The van der Waals surface area contributed by atoms with Gasteiger partial charge in [0.2, 0.25) is 0 Å². The van der Waals surface area contributed by atoms with E-state index in [0.717, 1.165) is 28.1 Å². The third kappa shape index (κ3) is 3.44. The van der Waals surface area contributed by atoms with E-state index in [4.69, 9.17) is 4.74 Å². The third-order valence-corrected chi connectivity index (χ3v) is 4.36. The van der Waals surface area contributed by atoms with Gasteiger partial charge in [-0.1, -0.05) is 30.3 Å². The number of ether oxygens (including phenoxy) is 1. The van der Waals surface area contributed by atoms with Crippen molar-refractivity contribution in [3.05, 3.63) is 95.6 Å². The smallest absolute Gasteiger partial charge is 0.338 e. The van der Waals surface area contributed by atoms with Gasteiger partial charge in [-0.3, -0.25) is 4.57 Å². The standard InChI is InChI=1S/C22H17FN2O2/c1-15-24-20-13-17(22(26)27-14-16-7-10-18(23)11-8-16)9-12-21(20)25(15)19-5-3-2-4-6-19/h2-13H,14H2,1H3. The lowest BCUT2D eigenvalue weighted by atomic mass is 10.2. The fraction of sp³-hybridized carbons (Fsp3) is 0.0909. The van der Waals surface area contributed by atoms with Crippen molar-refractivity contribution < 1.29 is 13.9 Å². The molecule has 0 aliphatic carbocycles. The van der Waals surface area contributed by atoms with Crippen LogP contribution < -0.4 is 0 Å². The van der Waals surface area contributed by atoms with Crippen LogP contribution in [0.25, 0.3) is 16.7 Å². The first-order valence-corrected chi connectivity index (χ1v) is 8.58. The largest absolute Gasteiger partial charge is 0.457 e. The second-order valence-electron chi connectivity index (χ2n) is 6.24. The molecule has 5 heteroatoms. The Balaban J connectivity index is 1.58. The minimum absolute atomic E-state index is 0.0919. The Bertz CT molecular complexity index is 1100. The van der Waals surface area contributed by atoms with Crippen molar-refractivity contribution in [3.63, 3.8) is 0 Å². The summed E-state index contributed by atoms with van der Waals surface area (Å²) in [7, 11) is 0. The molecule has 0 N–H and O–H groups in total. The van der Waals surface area contributed by atoms with Gasteiger partial charge in [-0.05, 0) is 55.0 Å². The molecular formula is C22H17FN2O2. The first-order chi connectivity index (χ1) is 13.1. The number of carbonyl (C=O) groups excluding carboxylic acids is 1. The number of para-hydroxylation sites is 1. The summed E-state index contributed by atoms with van der Waals surface area (Å²) in [4.78, 5) is 16.9. The van der Waals surface area contributed by atoms with Crippen LogP contribution in [0.3, 0.4) is 0 Å². The second-order valence-corrected chi connectivity index (χ2v) is 6.24. The first-order valence-electron chi connectivity index (χ1n) is 8.58. The van der Waals surface area contributed by atoms with Crippen molar-refractivity contribution >= 4 is 17.0 Å². The molecule has 1 aromatic heterocycles. The highest BCUT2D eigenvalue weighted by Crippen LogP contribution is 2.22. The summed E-state index contributed by atoms with van der Waals surface area (Å²) in [5.41, 5.74) is 3.84. The molecule has 4 aromatic rings. The number of hydrogen-bond donors (Lipinski definition) is 0. The molecule has 0 amide bonds. The summed E-state index contributed by atoms with van der Waals surface area (Å²) in [6.07, 6.45) is 0. The Labute approximate surface area is 155 Å². The fourth-order valence-electron chi connectivity index (χ4n) is 3.04. The maximum atomic E-state index is 12.9. The van der Waals surface area contributed by atoms with E-state index in [0.29, 0.717) is 5.56 Å². The Hall–Kier alpha value is -3.47. The Morgan fingerprint density at radius 1 is 1.04 bits per heavy atom. The van der Waals surface area contributed by atoms with E-state index in [1.807, 2.05) is 47.9 Å². The maximum absolute atomic E-state index is 12.9. The van der Waals surface area contributed by atoms with Crippen LogP contribution in [-0.2, 0) is 11.3 Å². The molecule has 134 valence electrons. The van der Waals surface area contributed by atoms with E-state index in [2.05, 4.69) is 4.98 Å². The number of esters is 1. The Kier molecular flexibility index (Phi) is 4.42. The predicted octanol–water partition coefficient (Wildman–Crippen LogP) is 4.83. The molecule has 0 bridgehead atoms. The molecule has 3 aromatic carbocycles. The molecule has 4 nitrogen and oxygen atoms in total. The summed E-state index contributed by atoms with van der Waals surface area (Å²) in [5.74, 6) is 0.0843. The molecule has 0 saturated heterocycles. The molecule has 0 radical (unpaired) electrons. The van der Waals surface area contributed by atoms with Gasteiger partial charge in [0.1, 0.15) is 18.2 Å². The monoisotopic (exact) mass is 360 g/mol. The SMILES string of the molecule is Cc1nc2cc(C(=O)OCc3ccc(F)cc3)ccc2n1-c1ccccc1. The molecule has 4 rings (SSSR count). The normalized spacial score (nSPS) is 10.9. The van der Waals surface area contributed by atoms with Crippen molar-refractivity contribution in [2.75, 3.05) is 0 Å². The van der Waals surface area contributed by atoms with Gasteiger partial charge in [-0.2, -0.15) is 0 Å². The summed E-state index contributed by atoms with van der Waals surface area (Å²) >= 11 is 0. The Morgan fingerprint density at radius 2 is 1.78 bits per heavy atom. The topological polar surface area (TPSA) is 44.1 Å². The van der Waals surface area contributed by atoms with Gasteiger partial charge in [0, 0.05) is 5.69 Å². The highest BCUT2D eigenvalue weighted by atomic mass is 19.1. The molecule has 0 unspecified atom stereocenters. The van der Waals surface area contributed by atoms with Crippen LogP contribution in [0.5, 0.6) is 0 Å². The fourth-order valence-corrected chi connectivity index (χ4v) is 3.04. The molecule has 0 spiro atoms. The Morgan fingerprint density at radius 3 is 2.52 bits per heavy atom. The highest BCUT2D eigenvalue weighted by molar-refractivity contribution is 5.94. The van der Waals surface area contributed by atoms with Gasteiger partial charge < -0.3 is 4.74 Å². The van der Waals surface area contributed by atoms with E-state index >= 15 is 0 Å². The van der Waals surface area contributed by atoms with Crippen LogP contribution in [0.4, 0.5) is 4.39 Å². The zero-order valence-electron chi connectivity index (χ0n) is 14.7. The van der Waals surface area contributed by atoms with Crippen molar-refractivity contribution in [2.24, 2.45) is 0 Å². The van der Waals surface area contributed by atoms with E-state index in [-0.39, 0.29) is 12.4 Å². The third-order valence-electron chi connectivity index (χ3n) is 4.36. The van der Waals surface area contributed by atoms with E-state index in [9.17, 15) is 9.18 Å². The molecule has 0 aliphatic rings. The summed E-state index contributed by atoms with van der Waals surface area (Å²) in [6, 6.07) is 21.1. The molecule has 0 aliphatic heterocycles. The molecule has 0 atom stereocenters. The quantitative estimate of drug-likeness (QED) is 0.490. The number of aryl methyl sites for hydroxylation is 1. The van der Waals surface area contributed by atoms with Crippen molar-refractivity contribution in [2.45, 2.75) is 13.5 Å². The van der Waals surface area contributed by atoms with Gasteiger partial charge in [-0.25, -0.2) is 14.2 Å². The van der Waals surface area contributed by atoms with Gasteiger partial charge in [-0.15, -0.1) is 0 Å². The van der Waals surface area contributed by atoms with Gasteiger partial charge >= 0.3 is 5.97 Å². The number of hydrogen-bond acceptors (Lipinski definition) is 3. The van der Waals surface area contributed by atoms with Crippen LogP contribution in [0.2, 0.25) is 0 Å². The zero-order chi connectivity index (χ0) is 18.8. The summed E-state index contributed by atoms with van der Waals surface area (Å²) < 4.78 is 20.3. The van der Waals surface area contributed by atoms with E-state index in [1.54, 1.807) is 24.3 Å². The van der Waals surface area contributed by atoms with Gasteiger partial charge in [0.25, 0.3) is 0 Å². The number of aromatic nitrogens is 2. The lowest BCUT2D eigenvalue weighted by molar-refractivity contribution is 0.0473. The van der Waals surface area contributed by atoms with Crippen molar-refractivity contribution in [1.82, 2.24) is 9.55 Å². The number of halogens is 1. The minimum atomic E-state index is -0.437. The van der Waals surface area contributed by atoms with Crippen molar-refractivity contribution in [3.8, 4) is 5.69 Å². The number of nitrogens with zero attached hydrogens (tertiary/aromatic N) is 2. The predicted molar refractivity (Wildman–Crippen MR) is 101 cm³/mol.